The first kappa shape index (κ1) is 15.0. The summed E-state index contributed by atoms with van der Waals surface area (Å²) in [6.45, 7) is 8.88. The summed E-state index contributed by atoms with van der Waals surface area (Å²) in [7, 11) is 0. The maximum Gasteiger partial charge on any atom is 0.0464 e. The fourth-order valence-corrected chi connectivity index (χ4v) is 2.88. The van der Waals surface area contributed by atoms with Crippen molar-refractivity contribution in [2.45, 2.75) is 46.2 Å². The van der Waals surface area contributed by atoms with Crippen LogP contribution < -0.4 is 5.32 Å². The summed E-state index contributed by atoms with van der Waals surface area (Å²) >= 11 is 9.69. The molecule has 1 aromatic rings. The molecule has 17 heavy (non-hydrogen) atoms. The third kappa shape index (κ3) is 4.27. The molecule has 2 unspecified atom stereocenters. The first-order chi connectivity index (χ1) is 7.95. The molecule has 0 spiro atoms. The normalized spacial score (nSPS) is 15.0. The highest BCUT2D eigenvalue weighted by Crippen LogP contribution is 2.27. The van der Waals surface area contributed by atoms with E-state index in [2.05, 4.69) is 55.0 Å². The van der Waals surface area contributed by atoms with Gasteiger partial charge in [-0.05, 0) is 37.0 Å². The van der Waals surface area contributed by atoms with E-state index in [1.165, 1.54) is 0 Å². The van der Waals surface area contributed by atoms with Gasteiger partial charge in [0.25, 0.3) is 0 Å². The third-order valence-electron chi connectivity index (χ3n) is 3.14. The van der Waals surface area contributed by atoms with Gasteiger partial charge in [0, 0.05) is 21.6 Å². The largest absolute Gasteiger partial charge is 0.307 e. The van der Waals surface area contributed by atoms with Crippen LogP contribution in [0.5, 0.6) is 0 Å². The summed E-state index contributed by atoms with van der Waals surface area (Å²) < 4.78 is 1.02. The van der Waals surface area contributed by atoms with Crippen LogP contribution >= 0.6 is 27.5 Å². The van der Waals surface area contributed by atoms with Gasteiger partial charge in [0.2, 0.25) is 0 Å². The van der Waals surface area contributed by atoms with Crippen LogP contribution in [0.15, 0.2) is 22.7 Å². The molecule has 0 fully saturated rings. The van der Waals surface area contributed by atoms with E-state index < -0.39 is 0 Å². The Balaban J connectivity index is 2.78. The fraction of sp³-hybridized carbons (Fsp3) is 0.571. The molecule has 1 aromatic carbocycles. The second-order valence-electron chi connectivity index (χ2n) is 4.81. The fourth-order valence-electron chi connectivity index (χ4n) is 2.05. The minimum absolute atomic E-state index is 0.281. The Kier molecular flexibility index (Phi) is 5.98. The molecule has 0 heterocycles. The first-order valence-corrected chi connectivity index (χ1v) is 7.33. The molecule has 0 amide bonds. The van der Waals surface area contributed by atoms with Gasteiger partial charge < -0.3 is 5.32 Å². The second-order valence-corrected chi connectivity index (χ2v) is 6.14. The highest BCUT2D eigenvalue weighted by Gasteiger charge is 2.16. The van der Waals surface area contributed by atoms with Gasteiger partial charge in [-0.15, -0.1) is 0 Å². The van der Waals surface area contributed by atoms with Crippen LogP contribution in [0.1, 0.15) is 45.7 Å². The van der Waals surface area contributed by atoms with Crippen LogP contribution in [0.2, 0.25) is 5.02 Å². The third-order valence-corrected chi connectivity index (χ3v) is 3.96. The van der Waals surface area contributed by atoms with E-state index in [0.29, 0.717) is 12.0 Å². The number of benzene rings is 1. The minimum atomic E-state index is 0.281. The van der Waals surface area contributed by atoms with E-state index >= 15 is 0 Å². The van der Waals surface area contributed by atoms with E-state index in [1.807, 2.05) is 12.1 Å². The highest BCUT2D eigenvalue weighted by molar-refractivity contribution is 9.10. The van der Waals surface area contributed by atoms with E-state index in [-0.39, 0.29) is 6.04 Å². The maximum absolute atomic E-state index is 6.26. The van der Waals surface area contributed by atoms with Gasteiger partial charge in [-0.25, -0.2) is 0 Å². The lowest BCUT2D eigenvalue weighted by Crippen LogP contribution is -2.35. The average molecular weight is 319 g/mol. The van der Waals surface area contributed by atoms with E-state index in [0.717, 1.165) is 21.5 Å². The predicted molar refractivity (Wildman–Crippen MR) is 79.6 cm³/mol. The van der Waals surface area contributed by atoms with Crippen molar-refractivity contribution in [2.24, 2.45) is 5.92 Å². The van der Waals surface area contributed by atoms with Crippen molar-refractivity contribution >= 4 is 27.5 Å². The summed E-state index contributed by atoms with van der Waals surface area (Å²) in [4.78, 5) is 0. The lowest BCUT2D eigenvalue weighted by molar-refractivity contribution is 0.356. The van der Waals surface area contributed by atoms with Crippen LogP contribution in [0.3, 0.4) is 0 Å². The lowest BCUT2D eigenvalue weighted by atomic mass is 9.99. The van der Waals surface area contributed by atoms with Crippen LogP contribution in [-0.4, -0.2) is 6.04 Å². The van der Waals surface area contributed by atoms with Crippen LogP contribution in [0.4, 0.5) is 0 Å². The molecule has 0 radical (unpaired) electrons. The molecule has 0 bridgehead atoms. The molecule has 0 aliphatic carbocycles. The number of rotatable bonds is 5. The van der Waals surface area contributed by atoms with Gasteiger partial charge in [-0.3, -0.25) is 0 Å². The summed E-state index contributed by atoms with van der Waals surface area (Å²) in [5, 5.41) is 4.46. The smallest absolute Gasteiger partial charge is 0.0464 e. The Morgan fingerprint density at radius 3 is 2.41 bits per heavy atom. The molecule has 0 aliphatic heterocycles. The van der Waals surface area contributed by atoms with Crippen LogP contribution in [0.25, 0.3) is 0 Å². The molecule has 0 saturated heterocycles. The quantitative estimate of drug-likeness (QED) is 0.788. The Bertz CT molecular complexity index is 365. The van der Waals surface area contributed by atoms with Crippen molar-refractivity contribution in [1.29, 1.82) is 0 Å². The molecule has 0 saturated carbocycles. The molecular formula is C14H21BrClN. The Morgan fingerprint density at radius 1 is 1.29 bits per heavy atom. The van der Waals surface area contributed by atoms with E-state index in [9.17, 15) is 0 Å². The summed E-state index contributed by atoms with van der Waals surface area (Å²) in [5.74, 6) is 0.636. The molecular weight excluding hydrogens is 298 g/mol. The average Bonchev–Trinajstić information content (AvgIpc) is 2.24. The number of halogens is 2. The first-order valence-electron chi connectivity index (χ1n) is 6.16. The number of hydrogen-bond acceptors (Lipinski definition) is 1. The summed E-state index contributed by atoms with van der Waals surface area (Å²) in [6.07, 6.45) is 1.14. The zero-order valence-corrected chi connectivity index (χ0v) is 13.3. The van der Waals surface area contributed by atoms with Gasteiger partial charge >= 0.3 is 0 Å². The Hall–Kier alpha value is -0.0500. The van der Waals surface area contributed by atoms with Gasteiger partial charge in [0.05, 0.1) is 0 Å². The van der Waals surface area contributed by atoms with Crippen molar-refractivity contribution in [1.82, 2.24) is 5.32 Å². The van der Waals surface area contributed by atoms with Gasteiger partial charge in [-0.2, -0.15) is 0 Å². The zero-order valence-electron chi connectivity index (χ0n) is 10.9. The van der Waals surface area contributed by atoms with Crippen molar-refractivity contribution < 1.29 is 0 Å². The number of hydrogen-bond donors (Lipinski definition) is 1. The lowest BCUT2D eigenvalue weighted by Gasteiger charge is -2.26. The maximum atomic E-state index is 6.26. The van der Waals surface area contributed by atoms with Crippen LogP contribution in [-0.2, 0) is 0 Å². The Morgan fingerprint density at radius 2 is 1.94 bits per heavy atom. The molecule has 1 rings (SSSR count). The van der Waals surface area contributed by atoms with Gasteiger partial charge in [-0.1, -0.05) is 54.4 Å². The van der Waals surface area contributed by atoms with E-state index in [4.69, 9.17) is 11.6 Å². The zero-order chi connectivity index (χ0) is 13.0. The van der Waals surface area contributed by atoms with Crippen molar-refractivity contribution in [3.63, 3.8) is 0 Å². The van der Waals surface area contributed by atoms with Crippen LogP contribution in [0, 0.1) is 5.92 Å². The topological polar surface area (TPSA) is 12.0 Å². The molecule has 1 nitrogen and oxygen atoms in total. The predicted octanol–water partition coefficient (Wildman–Crippen LogP) is 5.19. The van der Waals surface area contributed by atoms with Crippen molar-refractivity contribution in [3.05, 3.63) is 33.3 Å². The monoisotopic (exact) mass is 317 g/mol. The molecule has 0 aliphatic rings. The minimum Gasteiger partial charge on any atom is -0.307 e. The molecule has 3 heteroatoms. The van der Waals surface area contributed by atoms with Gasteiger partial charge in [0.1, 0.15) is 0 Å². The molecule has 1 N–H and O–H groups in total. The second kappa shape index (κ2) is 6.77. The van der Waals surface area contributed by atoms with Crippen molar-refractivity contribution in [3.8, 4) is 0 Å². The standard InChI is InChI=1S/C14H21BrClN/c1-5-14(9(2)3)17-10(4)12-7-6-11(15)8-13(12)16/h6-10,14,17H,5H2,1-4H3. The van der Waals surface area contributed by atoms with Gasteiger partial charge in [0.15, 0.2) is 0 Å². The SMILES string of the molecule is CCC(NC(C)c1ccc(Br)cc1Cl)C(C)C. The van der Waals surface area contributed by atoms with Crippen molar-refractivity contribution in [2.75, 3.05) is 0 Å². The highest BCUT2D eigenvalue weighted by atomic mass is 79.9. The Labute approximate surface area is 118 Å². The van der Waals surface area contributed by atoms with E-state index in [1.54, 1.807) is 0 Å². The summed E-state index contributed by atoms with van der Waals surface area (Å²) in [5.41, 5.74) is 1.16. The number of nitrogens with one attached hydrogen (secondary N) is 1. The summed E-state index contributed by atoms with van der Waals surface area (Å²) in [6, 6.07) is 6.88. The molecule has 0 aromatic heterocycles. The molecule has 2 atom stereocenters. The molecule has 96 valence electrons.